The van der Waals surface area contributed by atoms with Crippen LogP contribution in [0, 0.1) is 5.92 Å². The number of amides is 2. The summed E-state index contributed by atoms with van der Waals surface area (Å²) in [6, 6.07) is 7.56. The second-order valence-electron chi connectivity index (χ2n) is 7.46. The molecule has 0 bridgehead atoms. The third-order valence-electron chi connectivity index (χ3n) is 4.49. The van der Waals surface area contributed by atoms with Crippen molar-refractivity contribution in [2.24, 2.45) is 5.92 Å². The molecule has 0 aromatic heterocycles. The molecular formula is C19H28N2O2. The Morgan fingerprint density at radius 3 is 2.22 bits per heavy atom. The summed E-state index contributed by atoms with van der Waals surface area (Å²) in [4.78, 5) is 23.9. The average molecular weight is 316 g/mol. The van der Waals surface area contributed by atoms with E-state index in [1.807, 2.05) is 24.3 Å². The monoisotopic (exact) mass is 316 g/mol. The summed E-state index contributed by atoms with van der Waals surface area (Å²) in [6.45, 7) is 7.17. The van der Waals surface area contributed by atoms with Crippen LogP contribution in [-0.2, 0) is 10.2 Å². The van der Waals surface area contributed by atoms with Crippen LogP contribution in [0.1, 0.15) is 62.4 Å². The molecule has 1 aromatic carbocycles. The molecule has 23 heavy (non-hydrogen) atoms. The number of hydrogen-bond acceptors (Lipinski definition) is 2. The average Bonchev–Trinajstić information content (AvgIpc) is 3.03. The van der Waals surface area contributed by atoms with Gasteiger partial charge in [0.2, 0.25) is 5.91 Å². The Kier molecular flexibility index (Phi) is 5.80. The molecule has 2 amide bonds. The molecule has 4 nitrogen and oxygen atoms in total. The van der Waals surface area contributed by atoms with Gasteiger partial charge in [0, 0.05) is 12.1 Å². The SMILES string of the molecule is CC(C)(C)c1ccc(C(=O)NCC(=O)NCC2CCCC2)cc1. The van der Waals surface area contributed by atoms with Gasteiger partial charge in [-0.1, -0.05) is 45.7 Å². The van der Waals surface area contributed by atoms with Crippen LogP contribution in [0.4, 0.5) is 0 Å². The molecule has 0 heterocycles. The zero-order valence-corrected chi connectivity index (χ0v) is 14.4. The first-order chi connectivity index (χ1) is 10.9. The van der Waals surface area contributed by atoms with Crippen molar-refractivity contribution in [2.45, 2.75) is 51.9 Å². The third-order valence-corrected chi connectivity index (χ3v) is 4.49. The minimum Gasteiger partial charge on any atom is -0.354 e. The highest BCUT2D eigenvalue weighted by Crippen LogP contribution is 2.23. The van der Waals surface area contributed by atoms with Crippen molar-refractivity contribution in [3.63, 3.8) is 0 Å². The maximum atomic E-state index is 12.1. The molecule has 0 spiro atoms. The molecule has 0 aliphatic heterocycles. The number of hydrogen-bond donors (Lipinski definition) is 2. The van der Waals surface area contributed by atoms with Crippen LogP contribution in [-0.4, -0.2) is 24.9 Å². The Labute approximate surface area is 139 Å². The number of benzene rings is 1. The van der Waals surface area contributed by atoms with E-state index in [1.54, 1.807) is 0 Å². The summed E-state index contributed by atoms with van der Waals surface area (Å²) in [5.41, 5.74) is 1.83. The van der Waals surface area contributed by atoms with Crippen LogP contribution >= 0.6 is 0 Å². The van der Waals surface area contributed by atoms with Crippen LogP contribution in [0.5, 0.6) is 0 Å². The van der Waals surface area contributed by atoms with Crippen LogP contribution < -0.4 is 10.6 Å². The summed E-state index contributed by atoms with van der Waals surface area (Å²) >= 11 is 0. The zero-order valence-electron chi connectivity index (χ0n) is 14.4. The van der Waals surface area contributed by atoms with E-state index in [9.17, 15) is 9.59 Å². The van der Waals surface area contributed by atoms with E-state index in [2.05, 4.69) is 31.4 Å². The van der Waals surface area contributed by atoms with E-state index in [0.717, 1.165) is 6.54 Å². The lowest BCUT2D eigenvalue weighted by Crippen LogP contribution is -2.38. The van der Waals surface area contributed by atoms with E-state index < -0.39 is 0 Å². The number of nitrogens with one attached hydrogen (secondary N) is 2. The molecule has 1 aliphatic carbocycles. The molecule has 126 valence electrons. The van der Waals surface area contributed by atoms with Gasteiger partial charge in [-0.3, -0.25) is 9.59 Å². The maximum Gasteiger partial charge on any atom is 0.251 e. The third kappa shape index (κ3) is 5.38. The van der Waals surface area contributed by atoms with Crippen molar-refractivity contribution >= 4 is 11.8 Å². The molecule has 1 aromatic rings. The smallest absolute Gasteiger partial charge is 0.251 e. The summed E-state index contributed by atoms with van der Waals surface area (Å²) in [5, 5.41) is 5.59. The standard InChI is InChI=1S/C19H28N2O2/c1-19(2,3)16-10-8-15(9-11-16)18(23)21-13-17(22)20-12-14-6-4-5-7-14/h8-11,14H,4-7,12-13H2,1-3H3,(H,20,22)(H,21,23). The van der Waals surface area contributed by atoms with Crippen LogP contribution in [0.2, 0.25) is 0 Å². The number of carbonyl (C=O) groups is 2. The van der Waals surface area contributed by atoms with E-state index in [1.165, 1.54) is 31.2 Å². The minimum absolute atomic E-state index is 0.0343. The van der Waals surface area contributed by atoms with Gasteiger partial charge in [0.1, 0.15) is 0 Å². The molecule has 4 heteroatoms. The van der Waals surface area contributed by atoms with Gasteiger partial charge in [-0.05, 0) is 41.9 Å². The first-order valence-corrected chi connectivity index (χ1v) is 8.52. The lowest BCUT2D eigenvalue weighted by molar-refractivity contribution is -0.120. The zero-order chi connectivity index (χ0) is 16.9. The Hall–Kier alpha value is -1.84. The second kappa shape index (κ2) is 7.62. The first kappa shape index (κ1) is 17.5. The Balaban J connectivity index is 1.76. The van der Waals surface area contributed by atoms with Crippen molar-refractivity contribution in [3.05, 3.63) is 35.4 Å². The molecule has 1 fully saturated rings. The fourth-order valence-electron chi connectivity index (χ4n) is 2.92. The quantitative estimate of drug-likeness (QED) is 0.877. The van der Waals surface area contributed by atoms with Gasteiger partial charge in [0.05, 0.1) is 6.54 Å². The molecule has 0 atom stereocenters. The van der Waals surface area contributed by atoms with E-state index in [4.69, 9.17) is 0 Å². The predicted molar refractivity (Wildman–Crippen MR) is 92.4 cm³/mol. The maximum absolute atomic E-state index is 12.1. The van der Waals surface area contributed by atoms with Gasteiger partial charge in [-0.2, -0.15) is 0 Å². The van der Waals surface area contributed by atoms with Gasteiger partial charge in [-0.15, -0.1) is 0 Å². The van der Waals surface area contributed by atoms with Gasteiger partial charge < -0.3 is 10.6 Å². The van der Waals surface area contributed by atoms with Crippen molar-refractivity contribution < 1.29 is 9.59 Å². The van der Waals surface area contributed by atoms with Crippen molar-refractivity contribution in [2.75, 3.05) is 13.1 Å². The van der Waals surface area contributed by atoms with Gasteiger partial charge in [0.25, 0.3) is 5.91 Å². The predicted octanol–water partition coefficient (Wildman–Crippen LogP) is 3.02. The summed E-state index contributed by atoms with van der Waals surface area (Å²) < 4.78 is 0. The van der Waals surface area contributed by atoms with E-state index >= 15 is 0 Å². The van der Waals surface area contributed by atoms with E-state index in [0.29, 0.717) is 11.5 Å². The van der Waals surface area contributed by atoms with Crippen LogP contribution in [0.25, 0.3) is 0 Å². The van der Waals surface area contributed by atoms with Crippen LogP contribution in [0.15, 0.2) is 24.3 Å². The Morgan fingerprint density at radius 1 is 1.04 bits per heavy atom. The fourth-order valence-corrected chi connectivity index (χ4v) is 2.92. The molecule has 2 rings (SSSR count). The van der Waals surface area contributed by atoms with Gasteiger partial charge >= 0.3 is 0 Å². The largest absolute Gasteiger partial charge is 0.354 e. The highest BCUT2D eigenvalue weighted by molar-refractivity contribution is 5.96. The normalized spacial score (nSPS) is 15.4. The Morgan fingerprint density at radius 2 is 1.65 bits per heavy atom. The summed E-state index contributed by atoms with van der Waals surface area (Å²) in [6.07, 6.45) is 4.93. The Bertz CT molecular complexity index is 537. The molecular weight excluding hydrogens is 288 g/mol. The highest BCUT2D eigenvalue weighted by Gasteiger charge is 2.16. The lowest BCUT2D eigenvalue weighted by Gasteiger charge is -2.19. The van der Waals surface area contributed by atoms with Crippen molar-refractivity contribution in [1.29, 1.82) is 0 Å². The molecule has 0 radical (unpaired) electrons. The molecule has 0 unspecified atom stereocenters. The lowest BCUT2D eigenvalue weighted by atomic mass is 9.87. The summed E-state index contributed by atoms with van der Waals surface area (Å²) in [5.74, 6) is 0.289. The van der Waals surface area contributed by atoms with Crippen molar-refractivity contribution in [3.8, 4) is 0 Å². The molecule has 1 aliphatic rings. The topological polar surface area (TPSA) is 58.2 Å². The first-order valence-electron chi connectivity index (χ1n) is 8.52. The van der Waals surface area contributed by atoms with Crippen LogP contribution in [0.3, 0.4) is 0 Å². The van der Waals surface area contributed by atoms with E-state index in [-0.39, 0.29) is 23.8 Å². The summed E-state index contributed by atoms with van der Waals surface area (Å²) in [7, 11) is 0. The highest BCUT2D eigenvalue weighted by atomic mass is 16.2. The van der Waals surface area contributed by atoms with Crippen molar-refractivity contribution in [1.82, 2.24) is 10.6 Å². The number of carbonyl (C=O) groups excluding carboxylic acids is 2. The fraction of sp³-hybridized carbons (Fsp3) is 0.579. The molecule has 0 saturated heterocycles. The minimum atomic E-state index is -0.207. The number of rotatable bonds is 5. The molecule has 1 saturated carbocycles. The molecule has 2 N–H and O–H groups in total. The van der Waals surface area contributed by atoms with Gasteiger partial charge in [-0.25, -0.2) is 0 Å². The second-order valence-corrected chi connectivity index (χ2v) is 7.46. The van der Waals surface area contributed by atoms with Gasteiger partial charge in [0.15, 0.2) is 0 Å².